The van der Waals surface area contributed by atoms with E-state index < -0.39 is 12.0 Å². The number of halogens is 1. The minimum absolute atomic E-state index is 0.230. The lowest BCUT2D eigenvalue weighted by atomic mass is 9.90. The Labute approximate surface area is 236 Å². The number of carbonyl (C=O) groups is 2. The number of aryl methyl sites for hydroxylation is 2. The van der Waals surface area contributed by atoms with Crippen LogP contribution in [0.4, 0.5) is 5.69 Å². The minimum atomic E-state index is -0.805. The summed E-state index contributed by atoms with van der Waals surface area (Å²) in [7, 11) is 0. The fraction of sp³-hybridized carbons (Fsp3) is 0.152. The van der Waals surface area contributed by atoms with E-state index in [1.54, 1.807) is 0 Å². The smallest absolute Gasteiger partial charge is 0.247 e. The van der Waals surface area contributed by atoms with Gasteiger partial charge in [-0.1, -0.05) is 78.9 Å². The molecular formula is C33H30BrN3O2. The second kappa shape index (κ2) is 11.7. The van der Waals surface area contributed by atoms with E-state index in [0.29, 0.717) is 12.1 Å². The number of rotatable bonds is 8. The highest BCUT2D eigenvalue weighted by Crippen LogP contribution is 2.28. The number of aromatic nitrogens is 1. The van der Waals surface area contributed by atoms with Crippen molar-refractivity contribution < 1.29 is 9.59 Å². The molecule has 0 aliphatic carbocycles. The molecule has 1 heterocycles. The lowest BCUT2D eigenvalue weighted by Gasteiger charge is -2.23. The standard InChI is InChI=1S/C33H30BrN3O2/c1-21-17-27(34)29(18-22(21)2)36-32(38)30(19-25-20-35-28-16-10-9-15-26(25)28)37-33(39)31(23-11-5-3-6-12-23)24-13-7-4-8-14-24/h3-18,20,30-31,35H,19H2,1-2H3,(H,36,38)(H,37,39)/t30-/m0/s1. The van der Waals surface area contributed by atoms with Crippen LogP contribution in [-0.2, 0) is 16.0 Å². The molecular weight excluding hydrogens is 550 g/mol. The van der Waals surface area contributed by atoms with Crippen LogP contribution in [0.2, 0.25) is 0 Å². The highest BCUT2D eigenvalue weighted by molar-refractivity contribution is 9.10. The molecule has 5 rings (SSSR count). The van der Waals surface area contributed by atoms with Crippen LogP contribution in [-0.4, -0.2) is 22.8 Å². The van der Waals surface area contributed by atoms with Crippen LogP contribution < -0.4 is 10.6 Å². The van der Waals surface area contributed by atoms with Crippen molar-refractivity contribution in [2.45, 2.75) is 32.2 Å². The van der Waals surface area contributed by atoms with Crippen molar-refractivity contribution in [3.8, 4) is 0 Å². The SMILES string of the molecule is Cc1cc(Br)c(NC(=O)[C@H](Cc2c[nH]c3ccccc23)NC(=O)C(c2ccccc2)c2ccccc2)cc1C. The fourth-order valence-corrected chi connectivity index (χ4v) is 5.42. The first kappa shape index (κ1) is 26.4. The van der Waals surface area contributed by atoms with Gasteiger partial charge in [0.1, 0.15) is 6.04 Å². The first-order chi connectivity index (χ1) is 18.9. The van der Waals surface area contributed by atoms with Gasteiger partial charge in [0.15, 0.2) is 0 Å². The summed E-state index contributed by atoms with van der Waals surface area (Å²) in [6, 6.07) is 30.4. The Balaban J connectivity index is 1.49. The normalized spacial score (nSPS) is 11.9. The van der Waals surface area contributed by atoms with Gasteiger partial charge >= 0.3 is 0 Å². The average molecular weight is 581 g/mol. The summed E-state index contributed by atoms with van der Waals surface area (Å²) in [5, 5.41) is 7.18. The summed E-state index contributed by atoms with van der Waals surface area (Å²) in [6.07, 6.45) is 2.25. The van der Waals surface area contributed by atoms with Crippen molar-refractivity contribution in [3.63, 3.8) is 0 Å². The van der Waals surface area contributed by atoms with Crippen LogP contribution in [0.25, 0.3) is 10.9 Å². The van der Waals surface area contributed by atoms with Crippen LogP contribution in [0.3, 0.4) is 0 Å². The Morgan fingerprint density at radius 1 is 0.795 bits per heavy atom. The molecule has 0 aliphatic heterocycles. The zero-order chi connectivity index (χ0) is 27.4. The summed E-state index contributed by atoms with van der Waals surface area (Å²) in [5.74, 6) is -1.07. The average Bonchev–Trinajstić information content (AvgIpc) is 3.35. The molecule has 4 aromatic carbocycles. The number of hydrogen-bond donors (Lipinski definition) is 3. The molecule has 5 nitrogen and oxygen atoms in total. The molecule has 2 amide bonds. The van der Waals surface area contributed by atoms with Gasteiger partial charge in [-0.3, -0.25) is 9.59 Å². The number of nitrogens with one attached hydrogen (secondary N) is 3. The van der Waals surface area contributed by atoms with Crippen LogP contribution >= 0.6 is 15.9 Å². The van der Waals surface area contributed by atoms with Gasteiger partial charge in [-0.2, -0.15) is 0 Å². The molecule has 196 valence electrons. The third kappa shape index (κ3) is 5.96. The second-order valence-corrected chi connectivity index (χ2v) is 10.6. The van der Waals surface area contributed by atoms with Crippen LogP contribution in [0.1, 0.15) is 33.7 Å². The topological polar surface area (TPSA) is 74.0 Å². The maximum atomic E-state index is 14.0. The Kier molecular flexibility index (Phi) is 7.94. The monoisotopic (exact) mass is 579 g/mol. The molecule has 0 bridgehead atoms. The molecule has 3 N–H and O–H groups in total. The number of amides is 2. The van der Waals surface area contributed by atoms with Crippen LogP contribution in [0.15, 0.2) is 108 Å². The van der Waals surface area contributed by atoms with Crippen molar-refractivity contribution >= 4 is 44.3 Å². The Morgan fingerprint density at radius 2 is 1.38 bits per heavy atom. The molecule has 0 fully saturated rings. The number of anilines is 1. The third-order valence-electron chi connectivity index (χ3n) is 7.10. The van der Waals surface area contributed by atoms with E-state index in [2.05, 4.69) is 31.5 Å². The second-order valence-electron chi connectivity index (χ2n) is 9.78. The van der Waals surface area contributed by atoms with E-state index in [4.69, 9.17) is 0 Å². The van der Waals surface area contributed by atoms with Crippen molar-refractivity contribution in [1.82, 2.24) is 10.3 Å². The first-order valence-corrected chi connectivity index (χ1v) is 13.7. The number of para-hydroxylation sites is 1. The van der Waals surface area contributed by atoms with Gasteiger partial charge in [-0.15, -0.1) is 0 Å². The van der Waals surface area contributed by atoms with Crippen LogP contribution in [0, 0.1) is 13.8 Å². The lowest BCUT2D eigenvalue weighted by molar-refractivity contribution is -0.126. The highest BCUT2D eigenvalue weighted by Gasteiger charge is 2.29. The number of H-pyrrole nitrogens is 1. The molecule has 0 spiro atoms. The summed E-state index contributed by atoms with van der Waals surface area (Å²) >= 11 is 3.58. The van der Waals surface area contributed by atoms with Crippen molar-refractivity contribution in [2.75, 3.05) is 5.32 Å². The molecule has 1 aromatic heterocycles. The van der Waals surface area contributed by atoms with Crippen molar-refractivity contribution in [2.24, 2.45) is 0 Å². The minimum Gasteiger partial charge on any atom is -0.361 e. The van der Waals surface area contributed by atoms with Gasteiger partial charge in [-0.25, -0.2) is 0 Å². The maximum Gasteiger partial charge on any atom is 0.247 e. The Hall–Kier alpha value is -4.16. The van der Waals surface area contributed by atoms with Gasteiger partial charge in [0.25, 0.3) is 0 Å². The van der Waals surface area contributed by atoms with E-state index in [1.165, 1.54) is 0 Å². The highest BCUT2D eigenvalue weighted by atomic mass is 79.9. The number of aromatic amines is 1. The molecule has 0 unspecified atom stereocenters. The summed E-state index contributed by atoms with van der Waals surface area (Å²) < 4.78 is 0.794. The predicted octanol–water partition coefficient (Wildman–Crippen LogP) is 7.05. The summed E-state index contributed by atoms with van der Waals surface area (Å²) in [5.41, 5.74) is 6.54. The first-order valence-electron chi connectivity index (χ1n) is 12.9. The number of carbonyl (C=O) groups excluding carboxylic acids is 2. The summed E-state index contributed by atoms with van der Waals surface area (Å²) in [6.45, 7) is 4.03. The predicted molar refractivity (Wildman–Crippen MR) is 161 cm³/mol. The van der Waals surface area contributed by atoms with E-state index in [-0.39, 0.29) is 11.8 Å². The van der Waals surface area contributed by atoms with Gasteiger partial charge in [0.2, 0.25) is 11.8 Å². The number of hydrogen-bond acceptors (Lipinski definition) is 2. The molecule has 6 heteroatoms. The van der Waals surface area contributed by atoms with E-state index >= 15 is 0 Å². The molecule has 0 saturated heterocycles. The molecule has 0 saturated carbocycles. The van der Waals surface area contributed by atoms with Gasteiger partial charge in [-0.05, 0) is 75.8 Å². The molecule has 1 atom stereocenters. The number of fused-ring (bicyclic) bond motifs is 1. The van der Waals surface area contributed by atoms with Crippen LogP contribution in [0.5, 0.6) is 0 Å². The Bertz CT molecular complexity index is 1570. The third-order valence-corrected chi connectivity index (χ3v) is 7.76. The Morgan fingerprint density at radius 3 is 2.05 bits per heavy atom. The molecule has 5 aromatic rings. The molecule has 0 radical (unpaired) electrons. The van der Waals surface area contributed by atoms with E-state index in [9.17, 15) is 9.59 Å². The molecule has 39 heavy (non-hydrogen) atoms. The van der Waals surface area contributed by atoms with E-state index in [0.717, 1.165) is 43.2 Å². The largest absolute Gasteiger partial charge is 0.361 e. The van der Waals surface area contributed by atoms with Crippen molar-refractivity contribution in [1.29, 1.82) is 0 Å². The van der Waals surface area contributed by atoms with Gasteiger partial charge < -0.3 is 15.6 Å². The zero-order valence-electron chi connectivity index (χ0n) is 21.9. The lowest BCUT2D eigenvalue weighted by Crippen LogP contribution is -2.47. The summed E-state index contributed by atoms with van der Waals surface area (Å²) in [4.78, 5) is 31.0. The van der Waals surface area contributed by atoms with Crippen molar-refractivity contribution in [3.05, 3.63) is 136 Å². The molecule has 0 aliphatic rings. The number of benzene rings is 4. The van der Waals surface area contributed by atoms with Gasteiger partial charge in [0, 0.05) is 28.0 Å². The van der Waals surface area contributed by atoms with E-state index in [1.807, 2.05) is 117 Å². The maximum absolute atomic E-state index is 14.0. The zero-order valence-corrected chi connectivity index (χ0v) is 23.5. The fourth-order valence-electron chi connectivity index (χ4n) is 4.87. The van der Waals surface area contributed by atoms with Gasteiger partial charge in [0.05, 0.1) is 11.6 Å². The quantitative estimate of drug-likeness (QED) is 0.184.